The van der Waals surface area contributed by atoms with Crippen LogP contribution in [0.25, 0.3) is 11.1 Å². The van der Waals surface area contributed by atoms with Crippen LogP contribution >= 0.6 is 11.6 Å². The first-order valence-electron chi connectivity index (χ1n) is 7.35. The van der Waals surface area contributed by atoms with Gasteiger partial charge in [-0.3, -0.25) is 9.36 Å². The fourth-order valence-electron chi connectivity index (χ4n) is 2.32. The van der Waals surface area contributed by atoms with E-state index in [1.165, 1.54) is 24.3 Å². The third kappa shape index (κ3) is 3.91. The minimum absolute atomic E-state index is 0.215. The van der Waals surface area contributed by atoms with Crippen molar-refractivity contribution in [1.29, 1.82) is 0 Å². The first-order chi connectivity index (χ1) is 12.2. The Labute approximate surface area is 149 Å². The quantitative estimate of drug-likeness (QED) is 0.637. The van der Waals surface area contributed by atoms with Gasteiger partial charge in [0.2, 0.25) is 0 Å². The largest absolute Gasteiger partial charge is 0.459 e. The van der Waals surface area contributed by atoms with Gasteiger partial charge in [-0.2, -0.15) is 13.2 Å². The van der Waals surface area contributed by atoms with E-state index in [1.807, 2.05) is 0 Å². The molecule has 2 aromatic carbocycles. The third-order valence-corrected chi connectivity index (χ3v) is 3.83. The molecule has 1 aromatic heterocycles. The highest BCUT2D eigenvalue weighted by molar-refractivity contribution is 6.31. The van der Waals surface area contributed by atoms with Crippen molar-refractivity contribution >= 4 is 28.7 Å². The van der Waals surface area contributed by atoms with Gasteiger partial charge >= 0.3 is 17.9 Å². The SMILES string of the molecule is O=C(Cn1c(=O)oc2cc(Cl)ccc21)OCc1ccc(C(F)(F)F)cc1. The van der Waals surface area contributed by atoms with Crippen LogP contribution in [0.3, 0.4) is 0 Å². The van der Waals surface area contributed by atoms with E-state index >= 15 is 0 Å². The second-order valence-corrected chi connectivity index (χ2v) is 5.86. The van der Waals surface area contributed by atoms with Crippen LogP contribution in [-0.4, -0.2) is 10.5 Å². The van der Waals surface area contributed by atoms with Gasteiger partial charge in [-0.15, -0.1) is 0 Å². The lowest BCUT2D eigenvalue weighted by Gasteiger charge is -2.08. The van der Waals surface area contributed by atoms with Crippen molar-refractivity contribution in [3.05, 3.63) is 69.2 Å². The summed E-state index contributed by atoms with van der Waals surface area (Å²) in [5, 5.41) is 0.378. The van der Waals surface area contributed by atoms with E-state index in [2.05, 4.69) is 0 Å². The first kappa shape index (κ1) is 18.1. The molecule has 5 nitrogen and oxygen atoms in total. The van der Waals surface area contributed by atoms with Gasteiger partial charge in [0.1, 0.15) is 13.2 Å². The predicted octanol–water partition coefficient (Wildman–Crippen LogP) is 4.01. The number of carbonyl (C=O) groups is 1. The van der Waals surface area contributed by atoms with Crippen molar-refractivity contribution in [3.8, 4) is 0 Å². The zero-order valence-corrected chi connectivity index (χ0v) is 13.8. The maximum atomic E-state index is 12.5. The molecule has 0 aliphatic rings. The van der Waals surface area contributed by atoms with Gasteiger partial charge in [0.15, 0.2) is 5.58 Å². The van der Waals surface area contributed by atoms with Gasteiger partial charge in [-0.05, 0) is 29.8 Å². The number of fused-ring (bicyclic) bond motifs is 1. The van der Waals surface area contributed by atoms with Crippen LogP contribution in [0.15, 0.2) is 51.7 Å². The summed E-state index contributed by atoms with van der Waals surface area (Å²) in [7, 11) is 0. The van der Waals surface area contributed by atoms with E-state index in [4.69, 9.17) is 20.8 Å². The van der Waals surface area contributed by atoms with Gasteiger partial charge in [0.05, 0.1) is 11.1 Å². The van der Waals surface area contributed by atoms with Crippen LogP contribution in [0.1, 0.15) is 11.1 Å². The number of oxazole rings is 1. The van der Waals surface area contributed by atoms with E-state index in [0.717, 1.165) is 16.7 Å². The van der Waals surface area contributed by atoms with E-state index in [-0.39, 0.29) is 12.2 Å². The molecule has 0 radical (unpaired) electrons. The van der Waals surface area contributed by atoms with Crippen molar-refractivity contribution in [3.63, 3.8) is 0 Å². The Hall–Kier alpha value is -2.74. The summed E-state index contributed by atoms with van der Waals surface area (Å²) in [6.07, 6.45) is -4.43. The number of rotatable bonds is 4. The Balaban J connectivity index is 1.66. The Kier molecular flexibility index (Phi) is 4.78. The lowest BCUT2D eigenvalue weighted by atomic mass is 10.1. The number of ether oxygens (including phenoxy) is 1. The topological polar surface area (TPSA) is 61.4 Å². The molecule has 3 rings (SSSR count). The number of halogens is 4. The summed E-state index contributed by atoms with van der Waals surface area (Å²) < 4.78 is 48.6. The van der Waals surface area contributed by atoms with Crippen LogP contribution < -0.4 is 5.76 Å². The fraction of sp³-hybridized carbons (Fsp3) is 0.176. The lowest BCUT2D eigenvalue weighted by Crippen LogP contribution is -2.21. The van der Waals surface area contributed by atoms with E-state index in [9.17, 15) is 22.8 Å². The Morgan fingerprint density at radius 3 is 2.50 bits per heavy atom. The summed E-state index contributed by atoms with van der Waals surface area (Å²) in [4.78, 5) is 23.8. The number of esters is 1. The average molecular weight is 386 g/mol. The Morgan fingerprint density at radius 2 is 1.85 bits per heavy atom. The first-order valence-corrected chi connectivity index (χ1v) is 7.72. The average Bonchev–Trinajstić information content (AvgIpc) is 2.87. The van der Waals surface area contributed by atoms with Crippen molar-refractivity contribution in [1.82, 2.24) is 4.57 Å². The molecule has 0 unspecified atom stereocenters. The van der Waals surface area contributed by atoms with Crippen molar-refractivity contribution in [2.24, 2.45) is 0 Å². The number of aromatic nitrogens is 1. The molecule has 0 atom stereocenters. The molecule has 0 aliphatic carbocycles. The van der Waals surface area contributed by atoms with E-state index < -0.39 is 30.0 Å². The molecule has 0 saturated heterocycles. The number of benzene rings is 2. The normalized spacial score (nSPS) is 11.7. The number of nitrogens with zero attached hydrogens (tertiary/aromatic N) is 1. The van der Waals surface area contributed by atoms with Crippen molar-refractivity contribution in [2.45, 2.75) is 19.3 Å². The molecular formula is C17H11ClF3NO4. The molecule has 3 aromatic rings. The minimum atomic E-state index is -4.43. The van der Waals surface area contributed by atoms with Crippen LogP contribution in [0, 0.1) is 0 Å². The summed E-state index contributed by atoms with van der Waals surface area (Å²) in [5.41, 5.74) is 0.217. The Morgan fingerprint density at radius 1 is 1.15 bits per heavy atom. The Bertz CT molecular complexity index is 1010. The molecule has 0 aliphatic heterocycles. The molecule has 0 N–H and O–H groups in total. The maximum absolute atomic E-state index is 12.5. The fourth-order valence-corrected chi connectivity index (χ4v) is 2.48. The summed E-state index contributed by atoms with van der Waals surface area (Å²) in [6, 6.07) is 8.77. The number of hydrogen-bond acceptors (Lipinski definition) is 4. The minimum Gasteiger partial charge on any atom is -0.459 e. The third-order valence-electron chi connectivity index (χ3n) is 3.60. The van der Waals surface area contributed by atoms with Crippen LogP contribution in [0.4, 0.5) is 13.2 Å². The molecular weight excluding hydrogens is 375 g/mol. The molecule has 26 heavy (non-hydrogen) atoms. The second kappa shape index (κ2) is 6.87. The maximum Gasteiger partial charge on any atom is 0.420 e. The van der Waals surface area contributed by atoms with Gasteiger partial charge in [-0.1, -0.05) is 23.7 Å². The van der Waals surface area contributed by atoms with Crippen LogP contribution in [0.5, 0.6) is 0 Å². The summed E-state index contributed by atoms with van der Waals surface area (Å²) in [5.74, 6) is -1.47. The van der Waals surface area contributed by atoms with Gasteiger partial charge in [0, 0.05) is 11.1 Å². The second-order valence-electron chi connectivity index (χ2n) is 5.42. The van der Waals surface area contributed by atoms with E-state index in [1.54, 1.807) is 6.07 Å². The molecule has 0 spiro atoms. The molecule has 0 fully saturated rings. The van der Waals surface area contributed by atoms with Gasteiger partial charge in [-0.25, -0.2) is 4.79 Å². The molecule has 0 saturated carbocycles. The summed E-state index contributed by atoms with van der Waals surface area (Å²) in [6.45, 7) is -0.610. The standard InChI is InChI=1S/C17H11ClF3NO4/c18-12-5-6-13-14(7-12)26-16(24)22(13)8-15(23)25-9-10-1-3-11(4-2-10)17(19,20)21/h1-7H,8-9H2. The highest BCUT2D eigenvalue weighted by Gasteiger charge is 2.29. The molecule has 0 amide bonds. The molecule has 9 heteroatoms. The van der Waals surface area contributed by atoms with Crippen molar-refractivity contribution in [2.75, 3.05) is 0 Å². The monoisotopic (exact) mass is 385 g/mol. The molecule has 0 bridgehead atoms. The van der Waals surface area contributed by atoms with Crippen LogP contribution in [0.2, 0.25) is 5.02 Å². The van der Waals surface area contributed by atoms with E-state index in [0.29, 0.717) is 16.1 Å². The number of carbonyl (C=O) groups excluding carboxylic acids is 1. The van der Waals surface area contributed by atoms with Gasteiger partial charge < -0.3 is 9.15 Å². The smallest absolute Gasteiger partial charge is 0.420 e. The zero-order chi connectivity index (χ0) is 18.9. The zero-order valence-electron chi connectivity index (χ0n) is 13.0. The lowest BCUT2D eigenvalue weighted by molar-refractivity contribution is -0.145. The van der Waals surface area contributed by atoms with Gasteiger partial charge in [0.25, 0.3) is 0 Å². The highest BCUT2D eigenvalue weighted by atomic mass is 35.5. The van der Waals surface area contributed by atoms with Crippen molar-refractivity contribution < 1.29 is 27.1 Å². The summed E-state index contributed by atoms with van der Waals surface area (Å²) >= 11 is 5.81. The molecule has 136 valence electrons. The number of hydrogen-bond donors (Lipinski definition) is 0. The number of alkyl halides is 3. The highest BCUT2D eigenvalue weighted by Crippen LogP contribution is 2.29. The molecule has 1 heterocycles. The van der Waals surface area contributed by atoms with Crippen LogP contribution in [-0.2, 0) is 28.9 Å². The predicted molar refractivity (Wildman–Crippen MR) is 86.7 cm³/mol.